The van der Waals surface area contributed by atoms with E-state index in [2.05, 4.69) is 57.8 Å². The van der Waals surface area contributed by atoms with Gasteiger partial charge in [-0.3, -0.25) is 4.57 Å². The van der Waals surface area contributed by atoms with Crippen molar-refractivity contribution in [3.8, 4) is 0 Å². The van der Waals surface area contributed by atoms with Crippen LogP contribution >= 0.6 is 11.8 Å². The maximum absolute atomic E-state index is 5.45. The fraction of sp³-hybridized carbons (Fsp3) is 0.529. The Labute approximate surface area is 142 Å². The third-order valence-corrected chi connectivity index (χ3v) is 4.79. The van der Waals surface area contributed by atoms with Gasteiger partial charge in [0.15, 0.2) is 5.16 Å². The van der Waals surface area contributed by atoms with E-state index < -0.39 is 0 Å². The predicted octanol–water partition coefficient (Wildman–Crippen LogP) is 3.06. The number of benzene rings is 1. The van der Waals surface area contributed by atoms with Gasteiger partial charge in [0.1, 0.15) is 0 Å². The van der Waals surface area contributed by atoms with Crippen molar-refractivity contribution in [3.05, 3.63) is 35.9 Å². The first kappa shape index (κ1) is 16.3. The van der Waals surface area contributed by atoms with Gasteiger partial charge in [-0.15, -0.1) is 10.2 Å². The molecule has 5 nitrogen and oxygen atoms in total. The van der Waals surface area contributed by atoms with Crippen LogP contribution in [0.5, 0.6) is 0 Å². The number of ether oxygens (including phenoxy) is 1. The molecule has 0 amide bonds. The van der Waals surface area contributed by atoms with Crippen LogP contribution in [0.15, 0.2) is 35.5 Å². The highest BCUT2D eigenvalue weighted by Crippen LogP contribution is 2.26. The zero-order chi connectivity index (χ0) is 16.1. The van der Waals surface area contributed by atoms with Crippen molar-refractivity contribution >= 4 is 17.7 Å². The number of hydrogen-bond acceptors (Lipinski definition) is 5. The topological polar surface area (TPSA) is 43.2 Å². The summed E-state index contributed by atoms with van der Waals surface area (Å²) in [5.74, 6) is 2.46. The lowest BCUT2D eigenvalue weighted by atomic mass is 10.2. The number of hydrogen-bond donors (Lipinski definition) is 0. The number of thioether (sulfide) groups is 1. The SMILES string of the molecule is CC(C)Cn1c(SCc2ccccc2)nnc1N1CCOCC1. The molecule has 1 saturated heterocycles. The van der Waals surface area contributed by atoms with Crippen molar-refractivity contribution in [1.82, 2.24) is 14.8 Å². The van der Waals surface area contributed by atoms with E-state index in [9.17, 15) is 0 Å². The molecule has 1 fully saturated rings. The summed E-state index contributed by atoms with van der Waals surface area (Å²) < 4.78 is 7.72. The van der Waals surface area contributed by atoms with Crippen LogP contribution in [0.3, 0.4) is 0 Å². The van der Waals surface area contributed by atoms with E-state index in [-0.39, 0.29) is 0 Å². The van der Waals surface area contributed by atoms with Crippen molar-refractivity contribution in [2.45, 2.75) is 31.3 Å². The lowest BCUT2D eigenvalue weighted by Crippen LogP contribution is -2.38. The van der Waals surface area contributed by atoms with Crippen molar-refractivity contribution < 1.29 is 4.74 Å². The van der Waals surface area contributed by atoms with Crippen LogP contribution in [0.1, 0.15) is 19.4 Å². The average Bonchev–Trinajstić information content (AvgIpc) is 2.97. The van der Waals surface area contributed by atoms with Crippen LogP contribution in [0.4, 0.5) is 5.95 Å². The molecule has 0 atom stereocenters. The van der Waals surface area contributed by atoms with Gasteiger partial charge in [0.05, 0.1) is 13.2 Å². The van der Waals surface area contributed by atoms with Crippen molar-refractivity contribution in [3.63, 3.8) is 0 Å². The van der Waals surface area contributed by atoms with Gasteiger partial charge in [-0.25, -0.2) is 0 Å². The molecule has 124 valence electrons. The van der Waals surface area contributed by atoms with Crippen LogP contribution in [-0.4, -0.2) is 41.1 Å². The molecule has 0 aliphatic carbocycles. The number of nitrogens with zero attached hydrogens (tertiary/aromatic N) is 4. The smallest absolute Gasteiger partial charge is 0.228 e. The van der Waals surface area contributed by atoms with Crippen LogP contribution < -0.4 is 4.90 Å². The summed E-state index contributed by atoms with van der Waals surface area (Å²) in [5.41, 5.74) is 1.31. The molecule has 0 N–H and O–H groups in total. The summed E-state index contributed by atoms with van der Waals surface area (Å²) in [4.78, 5) is 2.28. The van der Waals surface area contributed by atoms with Crippen molar-refractivity contribution in [2.75, 3.05) is 31.2 Å². The summed E-state index contributed by atoms with van der Waals surface area (Å²) in [6.07, 6.45) is 0. The third kappa shape index (κ3) is 4.26. The number of aromatic nitrogens is 3. The lowest BCUT2D eigenvalue weighted by molar-refractivity contribution is 0.121. The monoisotopic (exact) mass is 332 g/mol. The van der Waals surface area contributed by atoms with Gasteiger partial charge in [0, 0.05) is 25.4 Å². The lowest BCUT2D eigenvalue weighted by Gasteiger charge is -2.28. The van der Waals surface area contributed by atoms with Gasteiger partial charge in [-0.2, -0.15) is 0 Å². The fourth-order valence-electron chi connectivity index (χ4n) is 2.63. The standard InChI is InChI=1S/C17H24N4OS/c1-14(2)12-21-16(20-8-10-22-11-9-20)18-19-17(21)23-13-15-6-4-3-5-7-15/h3-7,14H,8-13H2,1-2H3. The summed E-state index contributed by atoms with van der Waals surface area (Å²) in [5, 5.41) is 9.92. The van der Waals surface area contributed by atoms with E-state index in [4.69, 9.17) is 4.74 Å². The van der Waals surface area contributed by atoms with E-state index in [0.717, 1.165) is 49.7 Å². The molecule has 1 aromatic carbocycles. The second kappa shape index (κ2) is 7.84. The maximum atomic E-state index is 5.45. The summed E-state index contributed by atoms with van der Waals surface area (Å²) in [6, 6.07) is 10.5. The molecule has 1 aliphatic rings. The molecule has 0 saturated carbocycles. The van der Waals surface area contributed by atoms with E-state index in [0.29, 0.717) is 5.92 Å². The average molecular weight is 332 g/mol. The molecule has 1 aromatic heterocycles. The molecule has 0 radical (unpaired) electrons. The van der Waals surface area contributed by atoms with Crippen LogP contribution in [-0.2, 0) is 17.0 Å². The van der Waals surface area contributed by atoms with Crippen LogP contribution in [0, 0.1) is 5.92 Å². The fourth-order valence-corrected chi connectivity index (χ4v) is 3.53. The van der Waals surface area contributed by atoms with Gasteiger partial charge in [-0.1, -0.05) is 55.9 Å². The van der Waals surface area contributed by atoms with Gasteiger partial charge in [0.2, 0.25) is 5.95 Å². The van der Waals surface area contributed by atoms with Gasteiger partial charge in [-0.05, 0) is 11.5 Å². The molecular weight excluding hydrogens is 308 g/mol. The Morgan fingerprint density at radius 1 is 1.13 bits per heavy atom. The molecule has 1 aliphatic heterocycles. The minimum absolute atomic E-state index is 0.557. The molecule has 23 heavy (non-hydrogen) atoms. The molecular formula is C17H24N4OS. The highest BCUT2D eigenvalue weighted by molar-refractivity contribution is 7.98. The van der Waals surface area contributed by atoms with E-state index in [1.165, 1.54) is 5.56 Å². The Morgan fingerprint density at radius 2 is 1.87 bits per heavy atom. The Hall–Kier alpha value is -1.53. The maximum Gasteiger partial charge on any atom is 0.228 e. The first-order valence-corrected chi connectivity index (χ1v) is 9.15. The zero-order valence-electron chi connectivity index (χ0n) is 13.8. The van der Waals surface area contributed by atoms with E-state index >= 15 is 0 Å². The summed E-state index contributed by atoms with van der Waals surface area (Å²) >= 11 is 1.76. The quantitative estimate of drug-likeness (QED) is 0.761. The highest BCUT2D eigenvalue weighted by atomic mass is 32.2. The van der Waals surface area contributed by atoms with E-state index in [1.54, 1.807) is 11.8 Å². The minimum Gasteiger partial charge on any atom is -0.378 e. The molecule has 0 bridgehead atoms. The van der Waals surface area contributed by atoms with Gasteiger partial charge < -0.3 is 9.64 Å². The van der Waals surface area contributed by atoms with Gasteiger partial charge >= 0.3 is 0 Å². The van der Waals surface area contributed by atoms with E-state index in [1.807, 2.05) is 6.07 Å². The van der Waals surface area contributed by atoms with Crippen molar-refractivity contribution in [2.24, 2.45) is 5.92 Å². The van der Waals surface area contributed by atoms with Crippen LogP contribution in [0.2, 0.25) is 0 Å². The highest BCUT2D eigenvalue weighted by Gasteiger charge is 2.21. The summed E-state index contributed by atoms with van der Waals surface area (Å²) in [7, 11) is 0. The third-order valence-electron chi connectivity index (χ3n) is 3.75. The molecule has 2 aromatic rings. The molecule has 6 heteroatoms. The Morgan fingerprint density at radius 3 is 2.57 bits per heavy atom. The minimum atomic E-state index is 0.557. The first-order valence-electron chi connectivity index (χ1n) is 8.16. The normalized spacial score (nSPS) is 15.3. The first-order chi connectivity index (χ1) is 11.2. The molecule has 0 unspecified atom stereocenters. The van der Waals surface area contributed by atoms with Gasteiger partial charge in [0.25, 0.3) is 0 Å². The van der Waals surface area contributed by atoms with Crippen LogP contribution in [0.25, 0.3) is 0 Å². The molecule has 0 spiro atoms. The number of anilines is 1. The molecule has 3 rings (SSSR count). The number of morpholine rings is 1. The second-order valence-corrected chi connectivity index (χ2v) is 7.10. The summed E-state index contributed by atoms with van der Waals surface area (Å²) in [6.45, 7) is 8.71. The zero-order valence-corrected chi connectivity index (χ0v) is 14.6. The Balaban J connectivity index is 1.77. The molecule has 2 heterocycles. The number of rotatable bonds is 6. The Bertz CT molecular complexity index is 608. The van der Waals surface area contributed by atoms with Crippen molar-refractivity contribution in [1.29, 1.82) is 0 Å². The Kier molecular flexibility index (Phi) is 5.56. The largest absolute Gasteiger partial charge is 0.378 e. The second-order valence-electron chi connectivity index (χ2n) is 6.16. The predicted molar refractivity (Wildman–Crippen MR) is 93.9 cm³/mol.